The lowest BCUT2D eigenvalue weighted by molar-refractivity contribution is -0.110. The number of nitrogens with one attached hydrogen (secondary N) is 1. The van der Waals surface area contributed by atoms with Crippen LogP contribution in [-0.4, -0.2) is 10.1 Å². The van der Waals surface area contributed by atoms with E-state index in [1.165, 1.54) is 0 Å². The second kappa shape index (κ2) is 5.95. The number of benzene rings is 2. The molecule has 5 heteroatoms. The van der Waals surface area contributed by atoms with Crippen LogP contribution in [0.5, 0.6) is 0 Å². The van der Waals surface area contributed by atoms with Crippen LogP contribution >= 0.6 is 15.9 Å². The van der Waals surface area contributed by atoms with Crippen molar-refractivity contribution in [3.8, 4) is 0 Å². The fourth-order valence-electron chi connectivity index (χ4n) is 2.17. The van der Waals surface area contributed by atoms with Crippen LogP contribution < -0.4 is 5.32 Å². The number of halogens is 1. The molecule has 3 nitrogen and oxygen atoms in total. The number of para-hydroxylation sites is 1. The number of hydrogen-bond acceptors (Lipinski definition) is 2. The number of carbonyl (C=O) groups is 1. The smallest absolute Gasteiger partial charge is 0.256 e. The van der Waals surface area contributed by atoms with Gasteiger partial charge in [0, 0.05) is 21.1 Å². The summed E-state index contributed by atoms with van der Waals surface area (Å²) < 4.78 is 13.2. The number of carbonyl (C=O) groups excluding carboxylic acids is 1. The first-order valence-corrected chi connectivity index (χ1v) is 8.55. The number of rotatable bonds is 3. The van der Waals surface area contributed by atoms with Gasteiger partial charge in [-0.15, -0.1) is 0 Å². The van der Waals surface area contributed by atoms with Crippen molar-refractivity contribution in [3.63, 3.8) is 0 Å². The predicted octanol–water partition coefficient (Wildman–Crippen LogP) is 3.69. The van der Waals surface area contributed by atoms with Gasteiger partial charge in [-0.1, -0.05) is 46.3 Å². The van der Waals surface area contributed by atoms with Crippen LogP contribution in [0.15, 0.2) is 58.4 Å². The molecule has 0 spiro atoms. The predicted molar refractivity (Wildman–Crippen MR) is 89.0 cm³/mol. The first-order chi connectivity index (χ1) is 10.1. The summed E-state index contributed by atoms with van der Waals surface area (Å²) in [5.74, 6) is 0.201. The van der Waals surface area contributed by atoms with Crippen molar-refractivity contribution in [3.05, 3.63) is 69.5 Å². The van der Waals surface area contributed by atoms with Crippen molar-refractivity contribution >= 4 is 43.9 Å². The van der Waals surface area contributed by atoms with Crippen molar-refractivity contribution in [2.75, 3.05) is 5.32 Å². The average molecular weight is 362 g/mol. The van der Waals surface area contributed by atoms with E-state index in [2.05, 4.69) is 21.2 Å². The Morgan fingerprint density at radius 2 is 1.81 bits per heavy atom. The molecule has 1 amide bonds. The lowest BCUT2D eigenvalue weighted by Crippen LogP contribution is -2.05. The first kappa shape index (κ1) is 14.2. The van der Waals surface area contributed by atoms with Gasteiger partial charge in [0.05, 0.1) is 22.1 Å². The van der Waals surface area contributed by atoms with Crippen molar-refractivity contribution in [1.29, 1.82) is 0 Å². The Kier molecular flexibility index (Phi) is 4.03. The summed E-state index contributed by atoms with van der Waals surface area (Å²) in [5, 5.41) is 4.32. The summed E-state index contributed by atoms with van der Waals surface area (Å²) in [4.78, 5) is 11.9. The highest BCUT2D eigenvalue weighted by Gasteiger charge is 2.24. The summed E-state index contributed by atoms with van der Waals surface area (Å²) in [6.07, 6.45) is 0. The zero-order valence-electron chi connectivity index (χ0n) is 11.0. The normalized spacial score (nSPS) is 16.6. The average Bonchev–Trinajstić information content (AvgIpc) is 2.78. The van der Waals surface area contributed by atoms with E-state index in [4.69, 9.17) is 0 Å². The van der Waals surface area contributed by atoms with E-state index >= 15 is 0 Å². The second-order valence-corrected chi connectivity index (χ2v) is 6.88. The van der Waals surface area contributed by atoms with E-state index in [9.17, 15) is 9.00 Å². The maximum atomic E-state index is 12.3. The second-order valence-electron chi connectivity index (χ2n) is 4.68. The molecule has 21 heavy (non-hydrogen) atoms. The molecular formula is C16H12BrNO2S. The van der Waals surface area contributed by atoms with Gasteiger partial charge in [0.1, 0.15) is 0 Å². The standard InChI is InChI=1S/C16H12BrNO2S/c17-12-7-5-11(6-8-12)9-21(20)10-14-13-3-1-2-4-15(13)18-16(14)19/h1-8,10H,9H2,(H,18,19)/b14-10-. The van der Waals surface area contributed by atoms with Crippen LogP contribution in [0.3, 0.4) is 0 Å². The maximum absolute atomic E-state index is 12.3. The van der Waals surface area contributed by atoms with Gasteiger partial charge < -0.3 is 5.32 Å². The highest BCUT2D eigenvalue weighted by molar-refractivity contribution is 9.10. The molecule has 2 aromatic rings. The Morgan fingerprint density at radius 1 is 1.10 bits per heavy atom. The van der Waals surface area contributed by atoms with E-state index in [0.29, 0.717) is 11.3 Å². The summed E-state index contributed by atoms with van der Waals surface area (Å²) in [5.41, 5.74) is 3.04. The molecule has 1 N–H and O–H groups in total. The first-order valence-electron chi connectivity index (χ1n) is 6.38. The van der Waals surface area contributed by atoms with Crippen LogP contribution in [0, 0.1) is 0 Å². The Bertz CT molecular complexity index is 753. The maximum Gasteiger partial charge on any atom is 0.256 e. The van der Waals surface area contributed by atoms with Crippen LogP contribution in [0.25, 0.3) is 5.57 Å². The zero-order valence-corrected chi connectivity index (χ0v) is 13.4. The quantitative estimate of drug-likeness (QED) is 0.847. The minimum atomic E-state index is -1.23. The molecule has 1 aliphatic heterocycles. The molecule has 0 radical (unpaired) electrons. The summed E-state index contributed by atoms with van der Waals surface area (Å²) >= 11 is 3.37. The third-order valence-electron chi connectivity index (χ3n) is 3.18. The van der Waals surface area contributed by atoms with Crippen molar-refractivity contribution < 1.29 is 9.00 Å². The van der Waals surface area contributed by atoms with E-state index in [1.54, 1.807) is 5.41 Å². The van der Waals surface area contributed by atoms with Crippen LogP contribution in [0.2, 0.25) is 0 Å². The van der Waals surface area contributed by atoms with Gasteiger partial charge in [-0.3, -0.25) is 9.00 Å². The molecule has 0 aromatic heterocycles. The van der Waals surface area contributed by atoms with E-state index in [1.807, 2.05) is 48.5 Å². The molecular weight excluding hydrogens is 350 g/mol. The van der Waals surface area contributed by atoms with Crippen LogP contribution in [-0.2, 0) is 21.3 Å². The van der Waals surface area contributed by atoms with Gasteiger partial charge in [0.15, 0.2) is 0 Å². The van der Waals surface area contributed by atoms with Crippen molar-refractivity contribution in [2.24, 2.45) is 0 Å². The minimum Gasteiger partial charge on any atom is -0.321 e. The van der Waals surface area contributed by atoms with Crippen LogP contribution in [0.1, 0.15) is 11.1 Å². The highest BCUT2D eigenvalue weighted by Crippen LogP contribution is 2.31. The molecule has 2 aromatic carbocycles. The topological polar surface area (TPSA) is 46.2 Å². The van der Waals surface area contributed by atoms with E-state index in [-0.39, 0.29) is 5.91 Å². The molecule has 0 saturated heterocycles. The Morgan fingerprint density at radius 3 is 2.57 bits per heavy atom. The molecule has 106 valence electrons. The zero-order chi connectivity index (χ0) is 14.8. The highest BCUT2D eigenvalue weighted by atomic mass is 79.9. The van der Waals surface area contributed by atoms with E-state index in [0.717, 1.165) is 21.3 Å². The third kappa shape index (κ3) is 3.14. The van der Waals surface area contributed by atoms with E-state index < -0.39 is 10.8 Å². The number of hydrogen-bond donors (Lipinski definition) is 1. The van der Waals surface area contributed by atoms with Gasteiger partial charge in [0.25, 0.3) is 5.91 Å². The van der Waals surface area contributed by atoms with Gasteiger partial charge in [-0.2, -0.15) is 0 Å². The molecule has 1 heterocycles. The van der Waals surface area contributed by atoms with Gasteiger partial charge in [-0.25, -0.2) is 0 Å². The van der Waals surface area contributed by atoms with Crippen molar-refractivity contribution in [1.82, 2.24) is 0 Å². The summed E-state index contributed by atoms with van der Waals surface area (Å²) in [7, 11) is -1.23. The fourth-order valence-corrected chi connectivity index (χ4v) is 3.54. The molecule has 0 bridgehead atoms. The molecule has 1 atom stereocenters. The SMILES string of the molecule is O=C1Nc2ccccc2/C1=C/S(=O)Cc1ccc(Br)cc1. The van der Waals surface area contributed by atoms with Crippen molar-refractivity contribution in [2.45, 2.75) is 5.75 Å². The Balaban J connectivity index is 1.83. The number of anilines is 1. The Labute approximate surface area is 133 Å². The molecule has 1 unspecified atom stereocenters. The lowest BCUT2D eigenvalue weighted by Gasteiger charge is -2.00. The van der Waals surface area contributed by atoms with Gasteiger partial charge >= 0.3 is 0 Å². The monoisotopic (exact) mass is 361 g/mol. The number of amides is 1. The summed E-state index contributed by atoms with van der Waals surface area (Å²) in [6, 6.07) is 15.1. The third-order valence-corrected chi connectivity index (χ3v) is 4.83. The largest absolute Gasteiger partial charge is 0.321 e. The van der Waals surface area contributed by atoms with Gasteiger partial charge in [0.2, 0.25) is 0 Å². The van der Waals surface area contributed by atoms with Gasteiger partial charge in [-0.05, 0) is 23.8 Å². The molecule has 0 fully saturated rings. The minimum absolute atomic E-state index is 0.194. The molecule has 0 aliphatic carbocycles. The Hall–Kier alpha value is -1.72. The van der Waals surface area contributed by atoms with Crippen LogP contribution in [0.4, 0.5) is 5.69 Å². The summed E-state index contributed by atoms with van der Waals surface area (Å²) in [6.45, 7) is 0. The number of fused-ring (bicyclic) bond motifs is 1. The lowest BCUT2D eigenvalue weighted by atomic mass is 10.1. The molecule has 3 rings (SSSR count). The molecule has 0 saturated carbocycles. The molecule has 1 aliphatic rings. The fraction of sp³-hybridized carbons (Fsp3) is 0.0625.